The summed E-state index contributed by atoms with van der Waals surface area (Å²) in [5.74, 6) is -1.41. The minimum Gasteiger partial charge on any atom is -0.478 e. The molecule has 7 heteroatoms. The number of imidazole rings is 1. The number of carbonyl (C=O) groups excluding carboxylic acids is 1. The van der Waals surface area contributed by atoms with Crippen molar-refractivity contribution in [3.8, 4) is 0 Å². The predicted molar refractivity (Wildman–Crippen MR) is 71.8 cm³/mol. The molecule has 2 aromatic heterocycles. The molecule has 0 spiro atoms. The Morgan fingerprint density at radius 1 is 1.53 bits per heavy atom. The molecule has 0 bridgehead atoms. The van der Waals surface area contributed by atoms with Gasteiger partial charge in [-0.3, -0.25) is 4.79 Å². The number of nitrogens with zero attached hydrogens (tertiary/aromatic N) is 2. The van der Waals surface area contributed by atoms with E-state index in [1.165, 1.54) is 23.9 Å². The number of rotatable bonds is 4. The summed E-state index contributed by atoms with van der Waals surface area (Å²) in [5, 5.41) is 12.1. The third-order valence-corrected chi connectivity index (χ3v) is 3.83. The molecular formula is C12H13N3O3S. The van der Waals surface area contributed by atoms with E-state index in [4.69, 9.17) is 5.11 Å². The lowest BCUT2D eigenvalue weighted by Crippen LogP contribution is -2.16. The van der Waals surface area contributed by atoms with Gasteiger partial charge in [-0.15, -0.1) is 11.3 Å². The van der Waals surface area contributed by atoms with Gasteiger partial charge in [0.25, 0.3) is 5.91 Å². The normalized spacial score (nSPS) is 10.4. The molecule has 2 aromatic rings. The molecule has 0 aliphatic heterocycles. The first-order chi connectivity index (χ1) is 9.02. The molecule has 2 heterocycles. The lowest BCUT2D eigenvalue weighted by molar-refractivity contribution is 0.0698. The number of carbonyl (C=O) groups is 2. The first-order valence-electron chi connectivity index (χ1n) is 5.66. The molecule has 6 nitrogen and oxygen atoms in total. The molecule has 2 N–H and O–H groups in total. The Bertz CT molecular complexity index is 630. The van der Waals surface area contributed by atoms with Crippen LogP contribution in [0.15, 0.2) is 18.6 Å². The molecule has 0 aromatic carbocycles. The fourth-order valence-electron chi connectivity index (χ4n) is 1.61. The maximum atomic E-state index is 12.0. The summed E-state index contributed by atoms with van der Waals surface area (Å²) >= 11 is 1.28. The molecule has 0 atom stereocenters. The molecule has 19 heavy (non-hydrogen) atoms. The smallest absolute Gasteiger partial charge is 0.338 e. The quantitative estimate of drug-likeness (QED) is 0.896. The lowest BCUT2D eigenvalue weighted by atomic mass is 10.2. The number of carboxylic acid groups (broad SMARTS) is 1. The van der Waals surface area contributed by atoms with Crippen LogP contribution in [-0.2, 0) is 13.5 Å². The van der Waals surface area contributed by atoms with Gasteiger partial charge in [0.1, 0.15) is 10.7 Å². The van der Waals surface area contributed by atoms with Gasteiger partial charge in [-0.2, -0.15) is 0 Å². The highest BCUT2D eigenvalue weighted by Crippen LogP contribution is 2.29. The van der Waals surface area contributed by atoms with Crippen LogP contribution in [0.5, 0.6) is 0 Å². The second kappa shape index (κ2) is 5.23. The summed E-state index contributed by atoms with van der Waals surface area (Å²) in [6.45, 7) is 1.93. The van der Waals surface area contributed by atoms with Gasteiger partial charge in [-0.05, 0) is 12.5 Å². The highest BCUT2D eigenvalue weighted by molar-refractivity contribution is 7.16. The number of aryl methyl sites for hydroxylation is 2. The van der Waals surface area contributed by atoms with Crippen LogP contribution in [0.1, 0.15) is 32.6 Å². The largest absolute Gasteiger partial charge is 0.478 e. The maximum Gasteiger partial charge on any atom is 0.338 e. The predicted octanol–water partition coefficient (Wildman–Crippen LogP) is 1.99. The third kappa shape index (κ3) is 2.65. The molecule has 0 saturated heterocycles. The Labute approximate surface area is 113 Å². The molecule has 0 unspecified atom stereocenters. The van der Waals surface area contributed by atoms with E-state index < -0.39 is 5.97 Å². The van der Waals surface area contributed by atoms with E-state index in [9.17, 15) is 9.59 Å². The van der Waals surface area contributed by atoms with Gasteiger partial charge in [0.2, 0.25) is 0 Å². The van der Waals surface area contributed by atoms with Gasteiger partial charge in [-0.25, -0.2) is 9.78 Å². The van der Waals surface area contributed by atoms with E-state index in [1.54, 1.807) is 17.7 Å². The van der Waals surface area contributed by atoms with E-state index in [1.807, 2.05) is 6.92 Å². The Morgan fingerprint density at radius 2 is 2.26 bits per heavy atom. The summed E-state index contributed by atoms with van der Waals surface area (Å²) in [6, 6.07) is 1.59. The SMILES string of the molecule is CCc1cc(C(=O)O)c(NC(=O)c2cncn2C)s1. The van der Waals surface area contributed by atoms with Gasteiger partial charge < -0.3 is 15.0 Å². The van der Waals surface area contributed by atoms with Crippen LogP contribution < -0.4 is 5.32 Å². The van der Waals surface area contributed by atoms with Gasteiger partial charge in [-0.1, -0.05) is 6.92 Å². The molecule has 2 rings (SSSR count). The van der Waals surface area contributed by atoms with Crippen molar-refractivity contribution in [3.63, 3.8) is 0 Å². The highest BCUT2D eigenvalue weighted by Gasteiger charge is 2.18. The second-order valence-corrected chi connectivity index (χ2v) is 5.09. The molecule has 0 saturated carbocycles. The minimum absolute atomic E-state index is 0.123. The van der Waals surface area contributed by atoms with E-state index in [2.05, 4.69) is 10.3 Å². The number of aromatic nitrogens is 2. The number of hydrogen-bond acceptors (Lipinski definition) is 4. The first kappa shape index (κ1) is 13.3. The zero-order valence-corrected chi connectivity index (χ0v) is 11.3. The topological polar surface area (TPSA) is 84.2 Å². The first-order valence-corrected chi connectivity index (χ1v) is 6.48. The minimum atomic E-state index is -1.05. The number of thiophene rings is 1. The van der Waals surface area contributed by atoms with Crippen molar-refractivity contribution in [1.29, 1.82) is 0 Å². The Kier molecular flexibility index (Phi) is 3.66. The molecule has 0 aliphatic rings. The molecule has 0 fully saturated rings. The molecule has 1 amide bonds. The fraction of sp³-hybridized carbons (Fsp3) is 0.250. The van der Waals surface area contributed by atoms with Gasteiger partial charge in [0.05, 0.1) is 18.1 Å². The summed E-state index contributed by atoms with van der Waals surface area (Å²) in [5.41, 5.74) is 0.500. The second-order valence-electron chi connectivity index (χ2n) is 3.96. The zero-order valence-electron chi connectivity index (χ0n) is 10.5. The van der Waals surface area contributed by atoms with Gasteiger partial charge >= 0.3 is 5.97 Å². The van der Waals surface area contributed by atoms with Crippen molar-refractivity contribution in [2.75, 3.05) is 5.32 Å². The Morgan fingerprint density at radius 3 is 2.79 bits per heavy atom. The van der Waals surface area contributed by atoms with Crippen molar-refractivity contribution in [1.82, 2.24) is 9.55 Å². The van der Waals surface area contributed by atoms with Crippen LogP contribution in [0, 0.1) is 0 Å². The van der Waals surface area contributed by atoms with E-state index in [0.717, 1.165) is 11.3 Å². The maximum absolute atomic E-state index is 12.0. The third-order valence-electron chi connectivity index (χ3n) is 2.64. The lowest BCUT2D eigenvalue weighted by Gasteiger charge is -2.04. The number of carboxylic acids is 1. The van der Waals surface area contributed by atoms with Crippen molar-refractivity contribution < 1.29 is 14.7 Å². The van der Waals surface area contributed by atoms with Gasteiger partial charge in [0, 0.05) is 11.9 Å². The van der Waals surface area contributed by atoms with Crippen LogP contribution >= 0.6 is 11.3 Å². The number of aromatic carboxylic acids is 1. The number of hydrogen-bond donors (Lipinski definition) is 2. The van der Waals surface area contributed by atoms with E-state index in [-0.39, 0.29) is 11.5 Å². The summed E-state index contributed by atoms with van der Waals surface area (Å²) in [4.78, 5) is 27.9. The monoisotopic (exact) mass is 279 g/mol. The van der Waals surface area contributed by atoms with Crippen LogP contribution in [0.4, 0.5) is 5.00 Å². The van der Waals surface area contributed by atoms with Crippen molar-refractivity contribution in [2.45, 2.75) is 13.3 Å². The summed E-state index contributed by atoms with van der Waals surface area (Å²) < 4.78 is 1.57. The Hall–Kier alpha value is -2.15. The zero-order chi connectivity index (χ0) is 14.0. The summed E-state index contributed by atoms with van der Waals surface area (Å²) in [7, 11) is 1.70. The van der Waals surface area contributed by atoms with Crippen molar-refractivity contribution in [3.05, 3.63) is 34.7 Å². The van der Waals surface area contributed by atoms with Crippen LogP contribution in [-0.4, -0.2) is 26.5 Å². The molecule has 0 aliphatic carbocycles. The van der Waals surface area contributed by atoms with E-state index in [0.29, 0.717) is 10.7 Å². The van der Waals surface area contributed by atoms with Crippen molar-refractivity contribution >= 4 is 28.2 Å². The van der Waals surface area contributed by atoms with Crippen LogP contribution in [0.3, 0.4) is 0 Å². The summed E-state index contributed by atoms with van der Waals surface area (Å²) in [6.07, 6.45) is 3.68. The standard InChI is InChI=1S/C12H13N3O3S/c1-3-7-4-8(12(17)18)11(19-7)14-10(16)9-5-13-6-15(9)2/h4-6H,3H2,1-2H3,(H,14,16)(H,17,18). The highest BCUT2D eigenvalue weighted by atomic mass is 32.1. The molecular weight excluding hydrogens is 266 g/mol. The molecule has 0 radical (unpaired) electrons. The van der Waals surface area contributed by atoms with E-state index >= 15 is 0 Å². The van der Waals surface area contributed by atoms with Gasteiger partial charge in [0.15, 0.2) is 0 Å². The number of anilines is 1. The Balaban J connectivity index is 2.28. The number of amides is 1. The average Bonchev–Trinajstić information content (AvgIpc) is 2.95. The molecule has 100 valence electrons. The van der Waals surface area contributed by atoms with Crippen molar-refractivity contribution in [2.24, 2.45) is 7.05 Å². The average molecular weight is 279 g/mol. The van der Waals surface area contributed by atoms with Crippen LogP contribution in [0.2, 0.25) is 0 Å². The van der Waals surface area contributed by atoms with Crippen LogP contribution in [0.25, 0.3) is 0 Å². The number of nitrogens with one attached hydrogen (secondary N) is 1. The fourth-order valence-corrected chi connectivity index (χ4v) is 2.59.